The van der Waals surface area contributed by atoms with Crippen molar-refractivity contribution in [3.8, 4) is 0 Å². The third-order valence-corrected chi connectivity index (χ3v) is 19.8. The second-order valence-electron chi connectivity index (χ2n) is 28.1. The van der Waals surface area contributed by atoms with E-state index >= 15 is 0 Å². The van der Waals surface area contributed by atoms with Crippen LogP contribution in [0.5, 0.6) is 0 Å². The highest BCUT2D eigenvalue weighted by molar-refractivity contribution is 7.47. The molecule has 0 aliphatic heterocycles. The van der Waals surface area contributed by atoms with Crippen molar-refractivity contribution in [3.05, 3.63) is 24.3 Å². The maximum atomic E-state index is 13.1. The van der Waals surface area contributed by atoms with Crippen molar-refractivity contribution >= 4 is 39.5 Å². The van der Waals surface area contributed by atoms with Gasteiger partial charge in [0.15, 0.2) is 12.2 Å². The Morgan fingerprint density at radius 2 is 0.608 bits per heavy atom. The number of aliphatic hydroxyl groups is 1. The van der Waals surface area contributed by atoms with E-state index in [9.17, 15) is 43.2 Å². The number of carbonyl (C=O) groups is 4. The summed E-state index contributed by atoms with van der Waals surface area (Å²) in [6.07, 6.45) is 60.7. The van der Waals surface area contributed by atoms with Gasteiger partial charge in [-0.25, -0.2) is 9.13 Å². The molecule has 17 nitrogen and oxygen atoms in total. The first-order valence-corrected chi connectivity index (χ1v) is 42.8. The van der Waals surface area contributed by atoms with E-state index in [1.807, 2.05) is 0 Å². The first kappa shape index (κ1) is 94.5. The van der Waals surface area contributed by atoms with Gasteiger partial charge in [-0.15, -0.1) is 0 Å². The van der Waals surface area contributed by atoms with Crippen LogP contribution < -0.4 is 0 Å². The van der Waals surface area contributed by atoms with Crippen LogP contribution in [0.4, 0.5) is 0 Å². The third-order valence-electron chi connectivity index (χ3n) is 17.9. The summed E-state index contributed by atoms with van der Waals surface area (Å²) in [5, 5.41) is 10.6. The molecule has 3 unspecified atom stereocenters. The molecular weight excluding hydrogens is 1270 g/mol. The molecule has 0 radical (unpaired) electrons. The highest BCUT2D eigenvalue weighted by Crippen LogP contribution is 2.45. The predicted octanol–water partition coefficient (Wildman–Crippen LogP) is 22.7. The second-order valence-corrected chi connectivity index (χ2v) is 31.0. The van der Waals surface area contributed by atoms with Crippen molar-refractivity contribution in [1.82, 2.24) is 0 Å². The Bertz CT molecular complexity index is 1970. The average molecular weight is 1420 g/mol. The summed E-state index contributed by atoms with van der Waals surface area (Å²) in [6.45, 7) is 9.44. The number of esters is 4. The lowest BCUT2D eigenvalue weighted by Gasteiger charge is -2.21. The highest BCUT2D eigenvalue weighted by Gasteiger charge is 2.30. The number of phosphoric ester groups is 2. The molecule has 572 valence electrons. The third kappa shape index (κ3) is 70.4. The SMILES string of the molecule is CCCCCC/C=C\C=C/CCCCCCCC(=O)OC[C@H](COP(=O)(O)OC[C@@H](O)COP(=O)(O)OC[C@@H](COC(=O)CCCCCCCCC(C)C)OC(=O)CCCCCCCCCCC(C)CC)OC(=O)CCCCCCCCCCCCCCCCCCCCCCC. The molecule has 0 saturated heterocycles. The molecule has 0 bridgehead atoms. The van der Waals surface area contributed by atoms with E-state index in [1.54, 1.807) is 0 Å². The number of hydrogen-bond donors (Lipinski definition) is 3. The summed E-state index contributed by atoms with van der Waals surface area (Å²) >= 11 is 0. The van der Waals surface area contributed by atoms with E-state index in [1.165, 1.54) is 173 Å². The fourth-order valence-corrected chi connectivity index (χ4v) is 13.0. The van der Waals surface area contributed by atoms with E-state index < -0.39 is 97.5 Å². The van der Waals surface area contributed by atoms with Crippen LogP contribution in [0.15, 0.2) is 24.3 Å². The van der Waals surface area contributed by atoms with E-state index in [-0.39, 0.29) is 25.7 Å². The molecule has 3 N–H and O–H groups in total. The van der Waals surface area contributed by atoms with Gasteiger partial charge in [0.05, 0.1) is 26.4 Å². The van der Waals surface area contributed by atoms with Crippen molar-refractivity contribution < 1.29 is 80.2 Å². The number of ether oxygens (including phenoxy) is 4. The van der Waals surface area contributed by atoms with Crippen LogP contribution in [0.3, 0.4) is 0 Å². The number of unbranched alkanes of at least 4 members (excludes halogenated alkanes) is 41. The van der Waals surface area contributed by atoms with Crippen molar-refractivity contribution in [1.29, 1.82) is 0 Å². The largest absolute Gasteiger partial charge is 0.472 e. The molecule has 0 heterocycles. The van der Waals surface area contributed by atoms with Crippen LogP contribution in [0.2, 0.25) is 0 Å². The van der Waals surface area contributed by atoms with E-state index in [2.05, 4.69) is 65.8 Å². The van der Waals surface area contributed by atoms with Crippen molar-refractivity contribution in [2.75, 3.05) is 39.6 Å². The minimum Gasteiger partial charge on any atom is -0.462 e. The van der Waals surface area contributed by atoms with E-state index in [0.717, 1.165) is 121 Å². The molecular formula is C78H148O17P2. The zero-order valence-corrected chi connectivity index (χ0v) is 64.7. The Kier molecular flexibility index (Phi) is 67.5. The standard InChI is InChI=1S/C78H148O17P2/c1-7-10-12-14-16-18-20-22-24-25-26-27-28-29-31-33-35-37-42-50-56-62-77(82)94-73(66-88-75(80)60-54-48-41-36-34-32-30-23-21-19-17-15-13-11-8-2)68-92-96(84,85)90-64-72(79)65-91-97(86,87)93-69-74(67-89-76(81)61-55-49-45-44-46-52-58-70(4)5)95-78(83)63-57-51-43-39-38-40-47-53-59-71(6)9-3/h19,21,23,30,70-74,79H,7-18,20,22,24-29,31-69H2,1-6H3,(H,84,85)(H,86,87)/b21-19-,30-23-/t71?,72-,73-,74-/m1/s1. The van der Waals surface area contributed by atoms with Gasteiger partial charge in [0.25, 0.3) is 0 Å². The Hall–Kier alpha value is -2.46. The lowest BCUT2D eigenvalue weighted by atomic mass is 9.99. The summed E-state index contributed by atoms with van der Waals surface area (Å²) in [5.41, 5.74) is 0. The van der Waals surface area contributed by atoms with Crippen LogP contribution in [0.25, 0.3) is 0 Å². The number of allylic oxidation sites excluding steroid dienone is 4. The maximum Gasteiger partial charge on any atom is 0.472 e. The molecule has 0 spiro atoms. The Morgan fingerprint density at radius 1 is 0.340 bits per heavy atom. The summed E-state index contributed by atoms with van der Waals surface area (Å²) in [7, 11) is -9.92. The van der Waals surface area contributed by atoms with Crippen molar-refractivity contribution in [2.24, 2.45) is 11.8 Å². The minimum absolute atomic E-state index is 0.102. The van der Waals surface area contributed by atoms with Gasteiger partial charge < -0.3 is 33.8 Å². The summed E-state index contributed by atoms with van der Waals surface area (Å²) in [5.74, 6) is -0.703. The molecule has 0 aromatic rings. The normalized spacial score (nSPS) is 14.4. The van der Waals surface area contributed by atoms with Crippen LogP contribution >= 0.6 is 15.6 Å². The monoisotopic (exact) mass is 1420 g/mol. The average Bonchev–Trinajstić information content (AvgIpc) is 1.09. The Morgan fingerprint density at radius 3 is 0.928 bits per heavy atom. The fourth-order valence-electron chi connectivity index (χ4n) is 11.4. The second kappa shape index (κ2) is 69.3. The van der Waals surface area contributed by atoms with E-state index in [4.69, 9.17) is 37.0 Å². The molecule has 0 saturated carbocycles. The topological polar surface area (TPSA) is 237 Å². The molecule has 0 aliphatic rings. The van der Waals surface area contributed by atoms with Gasteiger partial charge in [-0.3, -0.25) is 37.3 Å². The minimum atomic E-state index is -4.97. The summed E-state index contributed by atoms with van der Waals surface area (Å²) in [6, 6.07) is 0. The van der Waals surface area contributed by atoms with Crippen LogP contribution in [0.1, 0.15) is 382 Å². The molecule has 0 rings (SSSR count). The molecule has 19 heteroatoms. The number of carbonyl (C=O) groups excluding carboxylic acids is 4. The van der Waals surface area contributed by atoms with E-state index in [0.29, 0.717) is 31.6 Å². The Balaban J connectivity index is 5.24. The Labute approximate surface area is 592 Å². The molecule has 6 atom stereocenters. The fraction of sp³-hybridized carbons (Fsp3) is 0.897. The number of aliphatic hydroxyl groups excluding tert-OH is 1. The number of rotatable bonds is 75. The van der Waals surface area contributed by atoms with Crippen molar-refractivity contribution in [3.63, 3.8) is 0 Å². The molecule has 0 aromatic carbocycles. The summed E-state index contributed by atoms with van der Waals surface area (Å²) < 4.78 is 68.5. The van der Waals surface area contributed by atoms with Gasteiger partial charge >= 0.3 is 39.5 Å². The zero-order valence-electron chi connectivity index (χ0n) is 62.9. The van der Waals surface area contributed by atoms with Crippen LogP contribution in [-0.2, 0) is 65.4 Å². The molecule has 0 aliphatic carbocycles. The van der Waals surface area contributed by atoms with Gasteiger partial charge in [-0.1, -0.05) is 329 Å². The highest BCUT2D eigenvalue weighted by atomic mass is 31.2. The van der Waals surface area contributed by atoms with Gasteiger partial charge in [-0.2, -0.15) is 0 Å². The lowest BCUT2D eigenvalue weighted by molar-refractivity contribution is -0.161. The first-order valence-electron chi connectivity index (χ1n) is 39.8. The molecule has 0 aromatic heterocycles. The number of phosphoric acid groups is 2. The lowest BCUT2D eigenvalue weighted by Crippen LogP contribution is -2.30. The summed E-state index contributed by atoms with van der Waals surface area (Å²) in [4.78, 5) is 72.8. The van der Waals surface area contributed by atoms with Gasteiger partial charge in [0.2, 0.25) is 0 Å². The van der Waals surface area contributed by atoms with Crippen LogP contribution in [0, 0.1) is 11.8 Å². The predicted molar refractivity (Wildman–Crippen MR) is 395 cm³/mol. The zero-order chi connectivity index (χ0) is 71.4. The van der Waals surface area contributed by atoms with Crippen LogP contribution in [-0.4, -0.2) is 96.7 Å². The van der Waals surface area contributed by atoms with Gasteiger partial charge in [-0.05, 0) is 63.2 Å². The molecule has 0 fully saturated rings. The van der Waals surface area contributed by atoms with Gasteiger partial charge in [0, 0.05) is 25.7 Å². The quantitative estimate of drug-likeness (QED) is 0.0169. The van der Waals surface area contributed by atoms with Crippen molar-refractivity contribution in [2.45, 2.75) is 400 Å². The number of hydrogen-bond acceptors (Lipinski definition) is 15. The molecule has 0 amide bonds. The first-order chi connectivity index (χ1) is 46.9. The molecule has 97 heavy (non-hydrogen) atoms. The maximum absolute atomic E-state index is 13.1. The smallest absolute Gasteiger partial charge is 0.462 e. The van der Waals surface area contributed by atoms with Gasteiger partial charge in [0.1, 0.15) is 19.3 Å².